The van der Waals surface area contributed by atoms with Crippen LogP contribution in [-0.2, 0) is 13.0 Å². The molecule has 30 heavy (non-hydrogen) atoms. The van der Waals surface area contributed by atoms with Crippen molar-refractivity contribution in [1.82, 2.24) is 25.0 Å². The second-order valence-corrected chi connectivity index (χ2v) is 7.19. The van der Waals surface area contributed by atoms with Crippen molar-refractivity contribution in [1.29, 1.82) is 0 Å². The first-order valence-electron chi connectivity index (χ1n) is 9.91. The molecule has 0 atom stereocenters. The topological polar surface area (TPSA) is 114 Å². The molecule has 0 saturated carbocycles. The summed E-state index contributed by atoms with van der Waals surface area (Å²) < 4.78 is 5.05. The largest absolute Gasteiger partial charge is 0.354 e. The molecule has 1 aromatic carbocycles. The highest BCUT2D eigenvalue weighted by atomic mass is 16.6. The fraction of sp³-hybridized carbons (Fsp3) is 0.400. The Morgan fingerprint density at radius 2 is 1.83 bits per heavy atom. The van der Waals surface area contributed by atoms with Crippen LogP contribution in [0.2, 0.25) is 0 Å². The Labute approximate surface area is 173 Å². The highest BCUT2D eigenvalue weighted by Crippen LogP contribution is 2.24. The molecule has 4 rings (SSSR count). The van der Waals surface area contributed by atoms with Crippen LogP contribution in [0.1, 0.15) is 24.3 Å². The van der Waals surface area contributed by atoms with E-state index in [9.17, 15) is 10.1 Å². The average Bonchev–Trinajstić information content (AvgIpc) is 3.18. The van der Waals surface area contributed by atoms with E-state index in [4.69, 9.17) is 9.51 Å². The second-order valence-electron chi connectivity index (χ2n) is 7.19. The summed E-state index contributed by atoms with van der Waals surface area (Å²) in [6.45, 7) is 7.91. The lowest BCUT2D eigenvalue weighted by atomic mass is 10.2. The fourth-order valence-corrected chi connectivity index (χ4v) is 3.43. The summed E-state index contributed by atoms with van der Waals surface area (Å²) in [5.74, 6) is 2.75. The predicted molar refractivity (Wildman–Crippen MR) is 110 cm³/mol. The zero-order valence-electron chi connectivity index (χ0n) is 17.0. The van der Waals surface area contributed by atoms with Gasteiger partial charge in [0.15, 0.2) is 11.6 Å². The van der Waals surface area contributed by atoms with Crippen LogP contribution >= 0.6 is 0 Å². The summed E-state index contributed by atoms with van der Waals surface area (Å²) in [5.41, 5.74) is 1.76. The van der Waals surface area contributed by atoms with Crippen LogP contribution in [0.15, 0.2) is 34.9 Å². The molecule has 0 radical (unpaired) electrons. The van der Waals surface area contributed by atoms with Crippen molar-refractivity contribution >= 4 is 11.5 Å². The van der Waals surface area contributed by atoms with Gasteiger partial charge < -0.3 is 9.42 Å². The van der Waals surface area contributed by atoms with Crippen molar-refractivity contribution in [3.8, 4) is 11.4 Å². The Morgan fingerprint density at radius 1 is 1.10 bits per heavy atom. The number of hydrogen-bond acceptors (Lipinski definition) is 9. The van der Waals surface area contributed by atoms with Gasteiger partial charge in [0, 0.05) is 62.6 Å². The molecule has 10 nitrogen and oxygen atoms in total. The summed E-state index contributed by atoms with van der Waals surface area (Å²) in [4.78, 5) is 28.7. The van der Waals surface area contributed by atoms with Crippen LogP contribution in [0.4, 0.5) is 11.5 Å². The predicted octanol–water partition coefficient (Wildman–Crippen LogP) is 2.63. The number of anilines is 1. The minimum atomic E-state index is -0.409. The van der Waals surface area contributed by atoms with Gasteiger partial charge in [0.1, 0.15) is 5.82 Å². The third-order valence-corrected chi connectivity index (χ3v) is 5.10. The van der Waals surface area contributed by atoms with E-state index in [1.54, 1.807) is 19.1 Å². The van der Waals surface area contributed by atoms with Crippen LogP contribution < -0.4 is 4.90 Å². The highest BCUT2D eigenvalue weighted by molar-refractivity contribution is 5.60. The van der Waals surface area contributed by atoms with E-state index in [1.807, 2.05) is 6.07 Å². The van der Waals surface area contributed by atoms with Gasteiger partial charge in [-0.1, -0.05) is 12.1 Å². The molecule has 1 aliphatic rings. The van der Waals surface area contributed by atoms with Gasteiger partial charge in [0.25, 0.3) is 5.69 Å². The SMILES string of the molecule is CCc1cc(N2CCN(Cc3noc(C)n3)CC2)nc(-c2ccc([N+](=O)[O-])cc2)n1. The maximum Gasteiger partial charge on any atom is 0.269 e. The molecule has 0 N–H and O–H groups in total. The number of benzene rings is 1. The van der Waals surface area contributed by atoms with Crippen molar-refractivity contribution in [2.45, 2.75) is 26.8 Å². The fourth-order valence-electron chi connectivity index (χ4n) is 3.43. The minimum Gasteiger partial charge on any atom is -0.354 e. The van der Waals surface area contributed by atoms with Gasteiger partial charge in [-0.2, -0.15) is 4.98 Å². The molecule has 0 amide bonds. The van der Waals surface area contributed by atoms with Crippen molar-refractivity contribution in [2.75, 3.05) is 31.1 Å². The monoisotopic (exact) mass is 409 g/mol. The highest BCUT2D eigenvalue weighted by Gasteiger charge is 2.21. The first-order chi connectivity index (χ1) is 14.5. The standard InChI is InChI=1S/C20H23N7O3/c1-3-16-12-19(23-20(22-16)15-4-6-17(7-5-15)27(28)29)26-10-8-25(9-11-26)13-18-21-14(2)30-24-18/h4-7,12H,3,8-11,13H2,1-2H3. The number of nitrogens with zero attached hydrogens (tertiary/aromatic N) is 7. The van der Waals surface area contributed by atoms with E-state index in [0.29, 0.717) is 24.1 Å². The van der Waals surface area contributed by atoms with E-state index in [-0.39, 0.29) is 5.69 Å². The molecule has 3 aromatic rings. The number of hydrogen-bond donors (Lipinski definition) is 0. The van der Waals surface area contributed by atoms with E-state index < -0.39 is 4.92 Å². The molecule has 3 heterocycles. The molecular weight excluding hydrogens is 386 g/mol. The first-order valence-corrected chi connectivity index (χ1v) is 9.91. The lowest BCUT2D eigenvalue weighted by Crippen LogP contribution is -2.46. The Morgan fingerprint density at radius 3 is 2.43 bits per heavy atom. The number of non-ortho nitro benzene ring substituents is 1. The summed E-state index contributed by atoms with van der Waals surface area (Å²) >= 11 is 0. The molecule has 10 heteroatoms. The molecule has 0 bridgehead atoms. The molecule has 0 unspecified atom stereocenters. The lowest BCUT2D eigenvalue weighted by molar-refractivity contribution is -0.384. The van der Waals surface area contributed by atoms with Crippen LogP contribution in [0.3, 0.4) is 0 Å². The molecular formula is C20H23N7O3. The molecule has 1 saturated heterocycles. The molecule has 1 fully saturated rings. The first kappa shape index (κ1) is 19.9. The van der Waals surface area contributed by atoms with E-state index in [2.05, 4.69) is 31.8 Å². The Bertz CT molecular complexity index is 1030. The van der Waals surface area contributed by atoms with Gasteiger partial charge in [-0.05, 0) is 18.6 Å². The van der Waals surface area contributed by atoms with Gasteiger partial charge >= 0.3 is 0 Å². The molecule has 0 aliphatic carbocycles. The van der Waals surface area contributed by atoms with Gasteiger partial charge in [0.05, 0.1) is 11.5 Å². The van der Waals surface area contributed by atoms with Crippen LogP contribution in [0, 0.1) is 17.0 Å². The van der Waals surface area contributed by atoms with Crippen molar-refractivity contribution in [3.63, 3.8) is 0 Å². The summed E-state index contributed by atoms with van der Waals surface area (Å²) in [5, 5.41) is 14.9. The number of piperazine rings is 1. The molecule has 1 aliphatic heterocycles. The number of nitro groups is 1. The molecule has 156 valence electrons. The van der Waals surface area contributed by atoms with E-state index >= 15 is 0 Å². The zero-order valence-corrected chi connectivity index (χ0v) is 17.0. The van der Waals surface area contributed by atoms with Gasteiger partial charge in [-0.25, -0.2) is 9.97 Å². The number of aryl methyl sites for hydroxylation is 2. The molecule has 2 aromatic heterocycles. The maximum atomic E-state index is 10.9. The van der Waals surface area contributed by atoms with Gasteiger partial charge in [0.2, 0.25) is 5.89 Å². The smallest absolute Gasteiger partial charge is 0.269 e. The zero-order chi connectivity index (χ0) is 21.1. The summed E-state index contributed by atoms with van der Waals surface area (Å²) in [6, 6.07) is 8.38. The van der Waals surface area contributed by atoms with Crippen LogP contribution in [0.5, 0.6) is 0 Å². The van der Waals surface area contributed by atoms with Crippen molar-refractivity contribution in [2.24, 2.45) is 0 Å². The van der Waals surface area contributed by atoms with E-state index in [1.165, 1.54) is 12.1 Å². The second kappa shape index (κ2) is 8.54. The van der Waals surface area contributed by atoms with Gasteiger partial charge in [-0.3, -0.25) is 15.0 Å². The summed E-state index contributed by atoms with van der Waals surface area (Å²) in [7, 11) is 0. The lowest BCUT2D eigenvalue weighted by Gasteiger charge is -2.35. The number of rotatable bonds is 6. The van der Waals surface area contributed by atoms with Crippen molar-refractivity contribution < 1.29 is 9.45 Å². The third kappa shape index (κ3) is 4.43. The van der Waals surface area contributed by atoms with E-state index in [0.717, 1.165) is 49.7 Å². The molecule has 0 spiro atoms. The van der Waals surface area contributed by atoms with Crippen molar-refractivity contribution in [3.05, 3.63) is 57.9 Å². The Balaban J connectivity index is 1.49. The number of aromatic nitrogens is 4. The van der Waals surface area contributed by atoms with Gasteiger partial charge in [-0.15, -0.1) is 0 Å². The van der Waals surface area contributed by atoms with Crippen LogP contribution in [0.25, 0.3) is 11.4 Å². The minimum absolute atomic E-state index is 0.0542. The Hall–Kier alpha value is -3.40. The average molecular weight is 409 g/mol. The normalized spacial score (nSPS) is 14.8. The maximum absolute atomic E-state index is 10.9. The Kier molecular flexibility index (Phi) is 5.66. The number of nitro benzene ring substituents is 1. The summed E-state index contributed by atoms with van der Waals surface area (Å²) in [6.07, 6.45) is 0.784. The quantitative estimate of drug-likeness (QED) is 0.447. The third-order valence-electron chi connectivity index (χ3n) is 5.10. The van der Waals surface area contributed by atoms with Crippen LogP contribution in [-0.4, -0.2) is 56.1 Å².